The maximum Gasteiger partial charge on any atom is 0.159 e. The molecule has 3 rings (SSSR count). The first-order valence-electron chi connectivity index (χ1n) is 6.47. The first kappa shape index (κ1) is 12.8. The summed E-state index contributed by atoms with van der Waals surface area (Å²) in [7, 11) is 0. The van der Waals surface area contributed by atoms with Gasteiger partial charge in [-0.3, -0.25) is 0 Å². The molecule has 1 heterocycles. The minimum absolute atomic E-state index is 0.370. The van der Waals surface area contributed by atoms with Gasteiger partial charge in [0.05, 0.1) is 6.04 Å². The topological polar surface area (TPSA) is 26.0 Å². The third-order valence-electron chi connectivity index (χ3n) is 3.62. The number of fused-ring (bicyclic) bond motifs is 1. The van der Waals surface area contributed by atoms with Crippen LogP contribution < -0.4 is 5.73 Å². The van der Waals surface area contributed by atoms with Crippen molar-refractivity contribution in [3.63, 3.8) is 0 Å². The molecule has 19 heavy (non-hydrogen) atoms. The summed E-state index contributed by atoms with van der Waals surface area (Å²) in [5.74, 6) is -1.67. The number of nitrogens with two attached hydrogens (primary N) is 1. The molecule has 100 valence electrons. The van der Waals surface area contributed by atoms with Crippen molar-refractivity contribution in [1.29, 1.82) is 0 Å². The van der Waals surface area contributed by atoms with E-state index in [1.54, 1.807) is 17.4 Å². The Labute approximate surface area is 115 Å². The molecule has 0 amide bonds. The molecule has 0 saturated carbocycles. The van der Waals surface area contributed by atoms with Gasteiger partial charge in [0.2, 0.25) is 0 Å². The highest BCUT2D eigenvalue weighted by Crippen LogP contribution is 2.34. The zero-order valence-corrected chi connectivity index (χ0v) is 11.3. The maximum absolute atomic E-state index is 13.3. The molecule has 0 aliphatic heterocycles. The van der Waals surface area contributed by atoms with Crippen molar-refractivity contribution in [3.05, 3.63) is 56.8 Å². The zero-order chi connectivity index (χ0) is 13.4. The van der Waals surface area contributed by atoms with Crippen LogP contribution in [-0.2, 0) is 12.8 Å². The monoisotopic (exact) mass is 279 g/mol. The largest absolute Gasteiger partial charge is 0.320 e. The second-order valence-electron chi connectivity index (χ2n) is 4.96. The van der Waals surface area contributed by atoms with Gasteiger partial charge in [-0.15, -0.1) is 11.3 Å². The van der Waals surface area contributed by atoms with E-state index in [9.17, 15) is 8.78 Å². The van der Waals surface area contributed by atoms with Crippen LogP contribution in [0.15, 0.2) is 24.3 Å². The summed E-state index contributed by atoms with van der Waals surface area (Å²) in [5.41, 5.74) is 8.17. The van der Waals surface area contributed by atoms with Gasteiger partial charge in [0.1, 0.15) is 0 Å². The molecule has 1 aromatic carbocycles. The van der Waals surface area contributed by atoms with E-state index in [0.29, 0.717) is 5.56 Å². The number of rotatable bonds is 2. The minimum Gasteiger partial charge on any atom is -0.320 e. The van der Waals surface area contributed by atoms with Crippen molar-refractivity contribution in [1.82, 2.24) is 0 Å². The Morgan fingerprint density at radius 1 is 1.05 bits per heavy atom. The van der Waals surface area contributed by atoms with Gasteiger partial charge >= 0.3 is 0 Å². The van der Waals surface area contributed by atoms with Gasteiger partial charge in [-0.1, -0.05) is 6.07 Å². The zero-order valence-electron chi connectivity index (χ0n) is 10.5. The third-order valence-corrected chi connectivity index (χ3v) is 4.95. The molecule has 1 aliphatic carbocycles. The fourth-order valence-electron chi connectivity index (χ4n) is 2.54. The molecular weight excluding hydrogens is 264 g/mol. The van der Waals surface area contributed by atoms with Crippen molar-refractivity contribution in [3.8, 4) is 0 Å². The molecule has 0 bridgehead atoms. The van der Waals surface area contributed by atoms with Gasteiger partial charge in [0.15, 0.2) is 11.6 Å². The molecule has 1 nitrogen and oxygen atoms in total. The van der Waals surface area contributed by atoms with Gasteiger partial charge in [0.25, 0.3) is 0 Å². The lowest BCUT2D eigenvalue weighted by molar-refractivity contribution is 0.506. The summed E-state index contributed by atoms with van der Waals surface area (Å²) < 4.78 is 26.2. The molecule has 2 N–H and O–H groups in total. The summed E-state index contributed by atoms with van der Waals surface area (Å²) in [5, 5.41) is 0. The molecular formula is C15H15F2NS. The third kappa shape index (κ3) is 2.42. The maximum atomic E-state index is 13.3. The highest BCUT2D eigenvalue weighted by atomic mass is 32.1. The molecule has 0 saturated heterocycles. The quantitative estimate of drug-likeness (QED) is 0.885. The van der Waals surface area contributed by atoms with Crippen molar-refractivity contribution in [2.75, 3.05) is 0 Å². The SMILES string of the molecule is NC(c1ccc(F)c(F)c1)c1cc2c(s1)CCCC2. The average Bonchev–Trinajstić information content (AvgIpc) is 2.85. The van der Waals surface area contributed by atoms with E-state index in [2.05, 4.69) is 6.07 Å². The fourth-order valence-corrected chi connectivity index (χ4v) is 3.82. The van der Waals surface area contributed by atoms with E-state index in [0.717, 1.165) is 23.8 Å². The number of hydrogen-bond acceptors (Lipinski definition) is 2. The van der Waals surface area contributed by atoms with Crippen LogP contribution in [0.25, 0.3) is 0 Å². The number of aryl methyl sites for hydroxylation is 2. The standard InChI is InChI=1S/C15H15F2NS/c16-11-6-5-10(7-12(11)17)15(18)14-8-9-3-1-2-4-13(9)19-14/h5-8,15H,1-4,18H2. The van der Waals surface area contributed by atoms with Gasteiger partial charge < -0.3 is 5.73 Å². The minimum atomic E-state index is -0.839. The lowest BCUT2D eigenvalue weighted by Gasteiger charge is -2.10. The Bertz CT molecular complexity index is 583. The predicted octanol–water partition coefficient (Wildman–Crippen LogP) is 3.95. The lowest BCUT2D eigenvalue weighted by atomic mass is 9.98. The Hall–Kier alpha value is -1.26. The van der Waals surface area contributed by atoms with Gasteiger partial charge in [-0.2, -0.15) is 0 Å². The van der Waals surface area contributed by atoms with Crippen molar-refractivity contribution < 1.29 is 8.78 Å². The molecule has 0 spiro atoms. The fraction of sp³-hybridized carbons (Fsp3) is 0.333. The van der Waals surface area contributed by atoms with E-state index < -0.39 is 11.6 Å². The Balaban J connectivity index is 1.92. The van der Waals surface area contributed by atoms with Gasteiger partial charge in [-0.25, -0.2) is 8.78 Å². The molecule has 1 atom stereocenters. The summed E-state index contributed by atoms with van der Waals surface area (Å²) in [6.07, 6.45) is 4.68. The van der Waals surface area contributed by atoms with Crippen molar-refractivity contribution >= 4 is 11.3 Å². The van der Waals surface area contributed by atoms with E-state index in [4.69, 9.17) is 5.73 Å². The van der Waals surface area contributed by atoms with Crippen LogP contribution >= 0.6 is 11.3 Å². The summed E-state index contributed by atoms with van der Waals surface area (Å²) in [6.45, 7) is 0. The van der Waals surface area contributed by atoms with Crippen LogP contribution in [0.1, 0.15) is 39.8 Å². The highest BCUT2D eigenvalue weighted by molar-refractivity contribution is 7.12. The van der Waals surface area contributed by atoms with Crippen molar-refractivity contribution in [2.24, 2.45) is 5.73 Å². The Morgan fingerprint density at radius 2 is 1.84 bits per heavy atom. The number of thiophene rings is 1. The molecule has 0 radical (unpaired) electrons. The first-order valence-corrected chi connectivity index (χ1v) is 7.29. The average molecular weight is 279 g/mol. The summed E-state index contributed by atoms with van der Waals surface area (Å²) in [6, 6.07) is 5.65. The molecule has 1 aliphatic rings. The molecule has 4 heteroatoms. The van der Waals surface area contributed by atoms with Crippen LogP contribution in [-0.4, -0.2) is 0 Å². The Kier molecular flexibility index (Phi) is 3.37. The van der Waals surface area contributed by atoms with Crippen LogP contribution in [0, 0.1) is 11.6 Å². The normalized spacial score (nSPS) is 16.2. The van der Waals surface area contributed by atoms with Gasteiger partial charge in [-0.05, 0) is 55.0 Å². The molecule has 0 fully saturated rings. The van der Waals surface area contributed by atoms with E-state index in [-0.39, 0.29) is 6.04 Å². The van der Waals surface area contributed by atoms with Crippen molar-refractivity contribution in [2.45, 2.75) is 31.7 Å². The van der Waals surface area contributed by atoms with E-state index in [1.807, 2.05) is 0 Å². The lowest BCUT2D eigenvalue weighted by Crippen LogP contribution is -2.10. The van der Waals surface area contributed by atoms with E-state index >= 15 is 0 Å². The Morgan fingerprint density at radius 3 is 2.58 bits per heavy atom. The first-order chi connectivity index (χ1) is 9.15. The number of halogens is 2. The predicted molar refractivity (Wildman–Crippen MR) is 73.3 cm³/mol. The van der Waals surface area contributed by atoms with Crippen LogP contribution in [0.4, 0.5) is 8.78 Å². The number of benzene rings is 1. The molecule has 1 aromatic heterocycles. The van der Waals surface area contributed by atoms with Crippen LogP contribution in [0.5, 0.6) is 0 Å². The smallest absolute Gasteiger partial charge is 0.159 e. The summed E-state index contributed by atoms with van der Waals surface area (Å²) in [4.78, 5) is 2.44. The highest BCUT2D eigenvalue weighted by Gasteiger charge is 2.18. The van der Waals surface area contributed by atoms with E-state index in [1.165, 1.54) is 29.3 Å². The second-order valence-corrected chi connectivity index (χ2v) is 6.12. The molecule has 2 aromatic rings. The van der Waals surface area contributed by atoms with Crippen LogP contribution in [0.3, 0.4) is 0 Å². The number of hydrogen-bond donors (Lipinski definition) is 1. The summed E-state index contributed by atoms with van der Waals surface area (Å²) >= 11 is 1.71. The van der Waals surface area contributed by atoms with Crippen LogP contribution in [0.2, 0.25) is 0 Å². The molecule has 1 unspecified atom stereocenters. The second kappa shape index (κ2) is 5.02. The van der Waals surface area contributed by atoms with Gasteiger partial charge in [0, 0.05) is 9.75 Å².